The van der Waals surface area contributed by atoms with Gasteiger partial charge in [-0.1, -0.05) is 30.3 Å². The van der Waals surface area contributed by atoms with E-state index in [9.17, 15) is 9.59 Å². The molecule has 5 heteroatoms. The van der Waals surface area contributed by atoms with Gasteiger partial charge in [0.25, 0.3) is 0 Å². The van der Waals surface area contributed by atoms with E-state index in [2.05, 4.69) is 17.0 Å². The van der Waals surface area contributed by atoms with Crippen LogP contribution < -0.4 is 0 Å². The first-order chi connectivity index (χ1) is 10.6. The van der Waals surface area contributed by atoms with Crippen molar-refractivity contribution in [2.24, 2.45) is 11.8 Å². The van der Waals surface area contributed by atoms with Crippen molar-refractivity contribution in [3.63, 3.8) is 0 Å². The van der Waals surface area contributed by atoms with Crippen LogP contribution in [0.3, 0.4) is 0 Å². The lowest BCUT2D eigenvalue weighted by atomic mass is 9.90. The molecule has 0 amide bonds. The molecule has 1 saturated heterocycles. The molecule has 5 nitrogen and oxygen atoms in total. The van der Waals surface area contributed by atoms with Crippen LogP contribution >= 0.6 is 0 Å². The van der Waals surface area contributed by atoms with Crippen molar-refractivity contribution in [2.45, 2.75) is 19.4 Å². The highest BCUT2D eigenvalue weighted by atomic mass is 16.5. The summed E-state index contributed by atoms with van der Waals surface area (Å²) in [6.07, 6.45) is 0.701. The first kappa shape index (κ1) is 16.5. The van der Waals surface area contributed by atoms with Gasteiger partial charge in [0.05, 0.1) is 14.2 Å². The number of likely N-dealkylation sites (tertiary alicyclic amines) is 1. The minimum atomic E-state index is -0.221. The third-order valence-corrected chi connectivity index (χ3v) is 4.21. The number of rotatable bonds is 6. The lowest BCUT2D eigenvalue weighted by Crippen LogP contribution is -2.21. The number of carbonyl (C=O) groups is 2. The van der Waals surface area contributed by atoms with E-state index in [1.807, 2.05) is 18.2 Å². The minimum absolute atomic E-state index is 0.135. The number of nitrogens with zero attached hydrogens (tertiary/aromatic N) is 1. The van der Waals surface area contributed by atoms with Crippen LogP contribution in [0.1, 0.15) is 18.4 Å². The summed E-state index contributed by atoms with van der Waals surface area (Å²) in [6, 6.07) is 10.2. The number of hydrogen-bond donors (Lipinski definition) is 0. The van der Waals surface area contributed by atoms with Crippen molar-refractivity contribution in [3.05, 3.63) is 35.9 Å². The van der Waals surface area contributed by atoms with Crippen molar-refractivity contribution >= 4 is 11.9 Å². The molecule has 0 radical (unpaired) electrons. The minimum Gasteiger partial charge on any atom is -0.469 e. The van der Waals surface area contributed by atoms with E-state index in [0.29, 0.717) is 12.8 Å². The molecule has 120 valence electrons. The summed E-state index contributed by atoms with van der Waals surface area (Å²) in [5.74, 6) is -0.173. The molecule has 0 saturated carbocycles. The van der Waals surface area contributed by atoms with Crippen molar-refractivity contribution in [3.8, 4) is 0 Å². The van der Waals surface area contributed by atoms with E-state index in [1.54, 1.807) is 0 Å². The molecule has 1 aliphatic heterocycles. The molecule has 0 N–H and O–H groups in total. The van der Waals surface area contributed by atoms with Gasteiger partial charge in [-0.15, -0.1) is 0 Å². The second kappa shape index (κ2) is 7.94. The average Bonchev–Trinajstić information content (AvgIpc) is 2.89. The first-order valence-corrected chi connectivity index (χ1v) is 7.52. The van der Waals surface area contributed by atoms with Gasteiger partial charge in [-0.05, 0) is 17.4 Å². The van der Waals surface area contributed by atoms with E-state index < -0.39 is 0 Å². The zero-order valence-corrected chi connectivity index (χ0v) is 13.2. The molecule has 2 atom stereocenters. The van der Waals surface area contributed by atoms with Crippen molar-refractivity contribution < 1.29 is 19.1 Å². The molecular formula is C17H23NO4. The predicted molar refractivity (Wildman–Crippen MR) is 82.0 cm³/mol. The van der Waals surface area contributed by atoms with E-state index >= 15 is 0 Å². The number of methoxy groups -OCH3 is 2. The predicted octanol–water partition coefficient (Wildman–Crippen LogP) is 1.86. The van der Waals surface area contributed by atoms with Gasteiger partial charge >= 0.3 is 11.9 Å². The largest absolute Gasteiger partial charge is 0.469 e. The molecular weight excluding hydrogens is 282 g/mol. The Morgan fingerprint density at radius 3 is 1.95 bits per heavy atom. The summed E-state index contributed by atoms with van der Waals surface area (Å²) in [4.78, 5) is 25.4. The molecule has 0 spiro atoms. The van der Waals surface area contributed by atoms with Gasteiger partial charge in [0, 0.05) is 32.5 Å². The van der Waals surface area contributed by atoms with Crippen LogP contribution in [0.4, 0.5) is 0 Å². The molecule has 0 aliphatic carbocycles. The molecule has 2 unspecified atom stereocenters. The Balaban J connectivity index is 1.99. The van der Waals surface area contributed by atoms with Crippen LogP contribution in [0.15, 0.2) is 30.3 Å². The van der Waals surface area contributed by atoms with Gasteiger partial charge in [-0.3, -0.25) is 14.5 Å². The Labute approximate surface area is 131 Å². The molecule has 2 rings (SSSR count). The van der Waals surface area contributed by atoms with Gasteiger partial charge in [-0.25, -0.2) is 0 Å². The van der Waals surface area contributed by atoms with Gasteiger partial charge in [0.2, 0.25) is 0 Å². The lowest BCUT2D eigenvalue weighted by Gasteiger charge is -2.15. The van der Waals surface area contributed by atoms with Crippen molar-refractivity contribution in [1.82, 2.24) is 4.90 Å². The second-order valence-corrected chi connectivity index (χ2v) is 5.76. The number of hydrogen-bond acceptors (Lipinski definition) is 5. The lowest BCUT2D eigenvalue weighted by molar-refractivity contribution is -0.144. The van der Waals surface area contributed by atoms with Gasteiger partial charge in [0.15, 0.2) is 0 Å². The Kier molecular flexibility index (Phi) is 5.95. The third kappa shape index (κ3) is 4.56. The molecule has 1 aliphatic rings. The fourth-order valence-electron chi connectivity index (χ4n) is 3.06. The molecule has 22 heavy (non-hydrogen) atoms. The zero-order valence-electron chi connectivity index (χ0n) is 13.2. The Morgan fingerprint density at radius 2 is 1.50 bits per heavy atom. The van der Waals surface area contributed by atoms with Crippen LogP contribution in [0.2, 0.25) is 0 Å². The maximum atomic E-state index is 11.6. The van der Waals surface area contributed by atoms with E-state index in [0.717, 1.165) is 19.6 Å². The fraction of sp³-hybridized carbons (Fsp3) is 0.529. The Bertz CT molecular complexity index is 477. The maximum Gasteiger partial charge on any atom is 0.305 e. The summed E-state index contributed by atoms with van der Waals surface area (Å²) < 4.78 is 9.54. The monoisotopic (exact) mass is 305 g/mol. The van der Waals surface area contributed by atoms with E-state index in [-0.39, 0.29) is 23.8 Å². The van der Waals surface area contributed by atoms with Crippen molar-refractivity contribution in [2.75, 3.05) is 27.3 Å². The van der Waals surface area contributed by atoms with Crippen LogP contribution in [-0.4, -0.2) is 44.1 Å². The molecule has 1 fully saturated rings. The normalized spacial score (nSPS) is 21.5. The first-order valence-electron chi connectivity index (χ1n) is 7.52. The average molecular weight is 305 g/mol. The van der Waals surface area contributed by atoms with Gasteiger partial charge in [0.1, 0.15) is 0 Å². The van der Waals surface area contributed by atoms with Crippen LogP contribution in [0.5, 0.6) is 0 Å². The standard InChI is InChI=1S/C17H23NO4/c1-21-16(19)8-14-11-18(10-13-6-4-3-5-7-13)12-15(14)9-17(20)22-2/h3-7,14-15H,8-12H2,1-2H3. The fourth-order valence-corrected chi connectivity index (χ4v) is 3.06. The second-order valence-electron chi connectivity index (χ2n) is 5.76. The molecule has 1 aromatic rings. The Hall–Kier alpha value is -1.88. The van der Waals surface area contributed by atoms with Gasteiger partial charge in [-0.2, -0.15) is 0 Å². The number of ether oxygens (including phenoxy) is 2. The zero-order chi connectivity index (χ0) is 15.9. The van der Waals surface area contributed by atoms with Crippen LogP contribution in [0.25, 0.3) is 0 Å². The molecule has 1 heterocycles. The summed E-state index contributed by atoms with van der Waals surface area (Å²) >= 11 is 0. The summed E-state index contributed by atoms with van der Waals surface area (Å²) in [5.41, 5.74) is 1.23. The quantitative estimate of drug-likeness (QED) is 0.751. The van der Waals surface area contributed by atoms with Crippen LogP contribution in [-0.2, 0) is 25.6 Å². The maximum absolute atomic E-state index is 11.6. The topological polar surface area (TPSA) is 55.8 Å². The SMILES string of the molecule is COC(=O)CC1CN(Cc2ccccc2)CC1CC(=O)OC. The number of carbonyl (C=O) groups excluding carboxylic acids is 2. The third-order valence-electron chi connectivity index (χ3n) is 4.21. The summed E-state index contributed by atoms with van der Waals surface area (Å²) in [6.45, 7) is 2.42. The molecule has 1 aromatic carbocycles. The van der Waals surface area contributed by atoms with E-state index in [1.165, 1.54) is 19.8 Å². The Morgan fingerprint density at radius 1 is 1.00 bits per heavy atom. The van der Waals surface area contributed by atoms with Crippen molar-refractivity contribution in [1.29, 1.82) is 0 Å². The molecule has 0 aromatic heterocycles. The van der Waals surface area contributed by atoms with E-state index in [4.69, 9.17) is 9.47 Å². The highest BCUT2D eigenvalue weighted by Crippen LogP contribution is 2.30. The van der Waals surface area contributed by atoms with Crippen LogP contribution in [0, 0.1) is 11.8 Å². The number of benzene rings is 1. The number of esters is 2. The van der Waals surface area contributed by atoms with Gasteiger partial charge < -0.3 is 9.47 Å². The molecule has 0 bridgehead atoms. The summed E-state index contributed by atoms with van der Waals surface area (Å²) in [7, 11) is 2.79. The summed E-state index contributed by atoms with van der Waals surface area (Å²) in [5, 5.41) is 0. The highest BCUT2D eigenvalue weighted by Gasteiger charge is 2.35. The highest BCUT2D eigenvalue weighted by molar-refractivity contribution is 5.71. The smallest absolute Gasteiger partial charge is 0.305 e.